The zero-order valence-electron chi connectivity index (χ0n) is 15.2. The standard InChI is InChI=1S/C21H21ClN2O2S/c1-24(13-15-10-11-27-14-15)20(16-6-4-3-5-7-16)21(25)23-17-8-9-19(26-2)18(22)12-17/h3-12,14,20H,13H2,1-2H3,(H,23,25)/p+1/t20-/m1/s1. The van der Waals surface area contributed by atoms with Crippen molar-refractivity contribution in [2.24, 2.45) is 0 Å². The van der Waals surface area contributed by atoms with Crippen LogP contribution in [-0.4, -0.2) is 20.1 Å². The van der Waals surface area contributed by atoms with Gasteiger partial charge in [-0.05, 0) is 35.0 Å². The van der Waals surface area contributed by atoms with E-state index in [2.05, 4.69) is 22.1 Å². The number of likely N-dealkylation sites (N-methyl/N-ethyl adjacent to an activating group) is 1. The smallest absolute Gasteiger partial charge is 0.287 e. The van der Waals surface area contributed by atoms with Crippen LogP contribution in [0.2, 0.25) is 5.02 Å². The van der Waals surface area contributed by atoms with Crippen LogP contribution in [-0.2, 0) is 11.3 Å². The summed E-state index contributed by atoms with van der Waals surface area (Å²) in [6, 6.07) is 16.8. The SMILES string of the molecule is COc1ccc(NC(=O)[C@@H](c2ccccc2)[NH+](C)Cc2ccsc2)cc1Cl. The topological polar surface area (TPSA) is 42.8 Å². The maximum absolute atomic E-state index is 13.1. The number of thiophene rings is 1. The summed E-state index contributed by atoms with van der Waals surface area (Å²) in [4.78, 5) is 14.2. The van der Waals surface area contributed by atoms with Gasteiger partial charge in [-0.15, -0.1) is 0 Å². The second-order valence-corrected chi connectivity index (χ2v) is 7.52. The van der Waals surface area contributed by atoms with E-state index in [-0.39, 0.29) is 11.9 Å². The van der Waals surface area contributed by atoms with Crippen molar-refractivity contribution >= 4 is 34.5 Å². The van der Waals surface area contributed by atoms with E-state index in [0.29, 0.717) is 16.5 Å². The molecule has 0 radical (unpaired) electrons. The van der Waals surface area contributed by atoms with E-state index in [0.717, 1.165) is 17.0 Å². The van der Waals surface area contributed by atoms with Gasteiger partial charge in [-0.2, -0.15) is 11.3 Å². The molecule has 0 saturated carbocycles. The van der Waals surface area contributed by atoms with Crippen molar-refractivity contribution in [3.8, 4) is 5.75 Å². The molecule has 0 fully saturated rings. The number of ether oxygens (including phenoxy) is 1. The molecule has 1 heterocycles. The summed E-state index contributed by atoms with van der Waals surface area (Å²) in [6.07, 6.45) is 0. The lowest BCUT2D eigenvalue weighted by Crippen LogP contribution is -3.09. The van der Waals surface area contributed by atoms with Crippen molar-refractivity contribution in [1.82, 2.24) is 0 Å². The van der Waals surface area contributed by atoms with Gasteiger partial charge in [-0.25, -0.2) is 0 Å². The summed E-state index contributed by atoms with van der Waals surface area (Å²) < 4.78 is 5.17. The number of carbonyl (C=O) groups is 1. The molecule has 0 aliphatic rings. The quantitative estimate of drug-likeness (QED) is 0.632. The molecule has 2 atom stereocenters. The number of amides is 1. The lowest BCUT2D eigenvalue weighted by molar-refractivity contribution is -0.915. The van der Waals surface area contributed by atoms with Gasteiger partial charge < -0.3 is 15.0 Å². The molecule has 4 nitrogen and oxygen atoms in total. The number of nitrogens with one attached hydrogen (secondary N) is 2. The average Bonchev–Trinajstić information content (AvgIpc) is 3.16. The molecule has 1 unspecified atom stereocenters. The molecule has 0 aliphatic carbocycles. The van der Waals surface area contributed by atoms with Gasteiger partial charge >= 0.3 is 0 Å². The van der Waals surface area contributed by atoms with Gasteiger partial charge in [0.15, 0.2) is 6.04 Å². The summed E-state index contributed by atoms with van der Waals surface area (Å²) in [5, 5.41) is 7.63. The zero-order chi connectivity index (χ0) is 19.2. The molecule has 2 aromatic carbocycles. The van der Waals surface area contributed by atoms with E-state index in [1.807, 2.05) is 37.4 Å². The lowest BCUT2D eigenvalue weighted by Gasteiger charge is -2.24. The molecule has 3 aromatic rings. The zero-order valence-corrected chi connectivity index (χ0v) is 16.8. The maximum atomic E-state index is 13.1. The van der Waals surface area contributed by atoms with Gasteiger partial charge in [0.1, 0.15) is 12.3 Å². The monoisotopic (exact) mass is 401 g/mol. The van der Waals surface area contributed by atoms with Crippen LogP contribution >= 0.6 is 22.9 Å². The summed E-state index contributed by atoms with van der Waals surface area (Å²) in [7, 11) is 3.60. The number of carbonyl (C=O) groups excluding carboxylic acids is 1. The molecule has 0 bridgehead atoms. The Balaban J connectivity index is 1.83. The normalized spacial score (nSPS) is 13.0. The van der Waals surface area contributed by atoms with Crippen molar-refractivity contribution in [1.29, 1.82) is 0 Å². The van der Waals surface area contributed by atoms with E-state index >= 15 is 0 Å². The lowest BCUT2D eigenvalue weighted by atomic mass is 10.0. The van der Waals surface area contributed by atoms with E-state index in [1.54, 1.807) is 36.6 Å². The average molecular weight is 402 g/mol. The molecule has 140 valence electrons. The van der Waals surface area contributed by atoms with Gasteiger partial charge in [0.05, 0.1) is 19.2 Å². The Kier molecular flexibility index (Phi) is 6.50. The summed E-state index contributed by atoms with van der Waals surface area (Å²) in [6.45, 7) is 0.764. The van der Waals surface area contributed by atoms with Crippen molar-refractivity contribution < 1.29 is 14.4 Å². The summed E-state index contributed by atoms with van der Waals surface area (Å²) in [5.41, 5.74) is 2.84. The maximum Gasteiger partial charge on any atom is 0.287 e. The molecule has 27 heavy (non-hydrogen) atoms. The van der Waals surface area contributed by atoms with E-state index in [1.165, 1.54) is 5.56 Å². The van der Waals surface area contributed by atoms with Gasteiger partial charge in [0, 0.05) is 16.8 Å². The van der Waals surface area contributed by atoms with Crippen molar-refractivity contribution in [3.05, 3.63) is 81.5 Å². The summed E-state index contributed by atoms with van der Waals surface area (Å²) in [5.74, 6) is 0.504. The van der Waals surface area contributed by atoms with Crippen LogP contribution in [0.25, 0.3) is 0 Å². The molecule has 1 aromatic heterocycles. The molecule has 1 amide bonds. The van der Waals surface area contributed by atoms with Crippen LogP contribution in [0, 0.1) is 0 Å². The number of quaternary nitrogens is 1. The second-order valence-electron chi connectivity index (χ2n) is 6.34. The predicted octanol–water partition coefficient (Wildman–Crippen LogP) is 3.80. The van der Waals surface area contributed by atoms with Crippen LogP contribution in [0.4, 0.5) is 5.69 Å². The molecule has 3 rings (SSSR count). The molecule has 0 aliphatic heterocycles. The second kappa shape index (κ2) is 9.04. The van der Waals surface area contributed by atoms with E-state index in [9.17, 15) is 4.79 Å². The van der Waals surface area contributed by atoms with Crippen molar-refractivity contribution in [2.45, 2.75) is 12.6 Å². The first-order chi connectivity index (χ1) is 13.1. The Hall–Kier alpha value is -2.34. The van der Waals surface area contributed by atoms with Crippen LogP contribution < -0.4 is 15.0 Å². The minimum atomic E-state index is -0.341. The number of hydrogen-bond donors (Lipinski definition) is 2. The highest BCUT2D eigenvalue weighted by Gasteiger charge is 2.29. The Bertz CT molecular complexity index is 884. The van der Waals surface area contributed by atoms with Crippen LogP contribution in [0.5, 0.6) is 5.75 Å². The Morgan fingerprint density at radius 3 is 2.63 bits per heavy atom. The van der Waals surface area contributed by atoms with Crippen LogP contribution in [0.15, 0.2) is 65.4 Å². The third-order valence-electron chi connectivity index (χ3n) is 4.37. The van der Waals surface area contributed by atoms with Gasteiger partial charge in [0.2, 0.25) is 0 Å². The molecule has 2 N–H and O–H groups in total. The number of anilines is 1. The highest BCUT2D eigenvalue weighted by molar-refractivity contribution is 7.07. The minimum Gasteiger partial charge on any atom is -0.495 e. The first-order valence-corrected chi connectivity index (χ1v) is 9.93. The van der Waals surface area contributed by atoms with Crippen molar-refractivity contribution in [2.75, 3.05) is 19.5 Å². The third-order valence-corrected chi connectivity index (χ3v) is 5.40. The fourth-order valence-electron chi connectivity index (χ4n) is 3.08. The van der Waals surface area contributed by atoms with Crippen LogP contribution in [0.3, 0.4) is 0 Å². The first-order valence-electron chi connectivity index (χ1n) is 8.61. The highest BCUT2D eigenvalue weighted by atomic mass is 35.5. The van der Waals surface area contributed by atoms with Crippen LogP contribution in [0.1, 0.15) is 17.2 Å². The molecule has 6 heteroatoms. The minimum absolute atomic E-state index is 0.0739. The van der Waals surface area contributed by atoms with E-state index in [4.69, 9.17) is 16.3 Å². The Morgan fingerprint density at radius 2 is 2.00 bits per heavy atom. The number of rotatable bonds is 7. The number of methoxy groups -OCH3 is 1. The Morgan fingerprint density at radius 1 is 1.22 bits per heavy atom. The highest BCUT2D eigenvalue weighted by Crippen LogP contribution is 2.27. The number of hydrogen-bond acceptors (Lipinski definition) is 3. The fourth-order valence-corrected chi connectivity index (χ4v) is 4.01. The predicted molar refractivity (Wildman–Crippen MR) is 111 cm³/mol. The third kappa shape index (κ3) is 4.89. The number of benzene rings is 2. The first kappa shape index (κ1) is 19.4. The summed E-state index contributed by atoms with van der Waals surface area (Å²) >= 11 is 7.85. The molecular formula is C21H22ClN2O2S+. The largest absolute Gasteiger partial charge is 0.495 e. The van der Waals surface area contributed by atoms with Crippen molar-refractivity contribution in [3.63, 3.8) is 0 Å². The number of halogens is 1. The molecule has 0 spiro atoms. The molecule has 0 saturated heterocycles. The van der Waals surface area contributed by atoms with Gasteiger partial charge in [-0.1, -0.05) is 41.9 Å². The Labute approximate surface area is 168 Å². The fraction of sp³-hybridized carbons (Fsp3) is 0.190. The van der Waals surface area contributed by atoms with Gasteiger partial charge in [0.25, 0.3) is 5.91 Å². The van der Waals surface area contributed by atoms with Gasteiger partial charge in [-0.3, -0.25) is 4.79 Å². The molecular weight excluding hydrogens is 380 g/mol. The van der Waals surface area contributed by atoms with E-state index < -0.39 is 0 Å².